The molecule has 0 rings (SSSR count). The number of aliphatic hydroxyl groups excluding tert-OH is 1. The van der Waals surface area contributed by atoms with Crippen LogP contribution in [0.5, 0.6) is 0 Å². The first-order valence-electron chi connectivity index (χ1n) is 38.2. The molecule has 0 spiro atoms. The lowest BCUT2D eigenvalue weighted by molar-refractivity contribution is -0.161. The second-order valence-electron chi connectivity index (χ2n) is 28.4. The first-order chi connectivity index (χ1) is 44.6. The van der Waals surface area contributed by atoms with Gasteiger partial charge in [-0.1, -0.05) is 319 Å². The van der Waals surface area contributed by atoms with Gasteiger partial charge in [-0.2, -0.15) is 0 Å². The van der Waals surface area contributed by atoms with Crippen molar-refractivity contribution in [3.63, 3.8) is 0 Å². The summed E-state index contributed by atoms with van der Waals surface area (Å²) in [5.41, 5.74) is 0. The van der Waals surface area contributed by atoms with Gasteiger partial charge in [0.15, 0.2) is 12.2 Å². The van der Waals surface area contributed by atoms with Gasteiger partial charge in [0.1, 0.15) is 19.3 Å². The predicted octanol–water partition coefficient (Wildman–Crippen LogP) is 21.3. The van der Waals surface area contributed by atoms with E-state index in [9.17, 15) is 43.2 Å². The van der Waals surface area contributed by atoms with E-state index >= 15 is 0 Å². The van der Waals surface area contributed by atoms with Crippen molar-refractivity contribution in [1.29, 1.82) is 0 Å². The van der Waals surface area contributed by atoms with Crippen molar-refractivity contribution in [2.75, 3.05) is 39.6 Å². The Hall–Kier alpha value is -1.94. The van der Waals surface area contributed by atoms with Crippen LogP contribution in [0.3, 0.4) is 0 Å². The Bertz CT molecular complexity index is 1840. The maximum absolute atomic E-state index is 13.1. The summed E-state index contributed by atoms with van der Waals surface area (Å²) in [7, 11) is -9.91. The maximum atomic E-state index is 13.1. The molecule has 0 aromatic heterocycles. The molecule has 17 nitrogen and oxygen atoms in total. The molecule has 0 aliphatic carbocycles. The fourth-order valence-corrected chi connectivity index (χ4v) is 12.7. The molecule has 0 radical (unpaired) electrons. The number of hydrogen-bond donors (Lipinski definition) is 3. The molecule has 0 aliphatic rings. The first-order valence-corrected chi connectivity index (χ1v) is 41.2. The van der Waals surface area contributed by atoms with Gasteiger partial charge in [-0.3, -0.25) is 37.3 Å². The third-order valence-electron chi connectivity index (χ3n) is 17.4. The Morgan fingerprint density at radius 2 is 0.516 bits per heavy atom. The Morgan fingerprint density at radius 1 is 0.301 bits per heavy atom. The number of unbranched alkanes of at least 4 members (excludes halogenated alkanes) is 36. The third kappa shape index (κ3) is 67.0. The summed E-state index contributed by atoms with van der Waals surface area (Å²) in [6, 6.07) is 0. The summed E-state index contributed by atoms with van der Waals surface area (Å²) < 4.78 is 68.4. The van der Waals surface area contributed by atoms with E-state index in [0.29, 0.717) is 31.6 Å². The van der Waals surface area contributed by atoms with Gasteiger partial charge in [-0.05, 0) is 49.4 Å². The molecule has 0 bridgehead atoms. The van der Waals surface area contributed by atoms with Crippen LogP contribution in [0, 0.1) is 23.7 Å². The Kier molecular flexibility index (Phi) is 62.2. The third-order valence-corrected chi connectivity index (χ3v) is 19.3. The number of carbonyl (C=O) groups excluding carboxylic acids is 4. The standard InChI is InChI=1S/C74H144O17P2/c1-9-67(8)53-45-37-28-21-18-19-22-29-38-46-54-71(76)84-60-69(90-73(78)56-48-40-30-23-17-15-13-11-10-12-14-16-20-26-34-42-50-64(2)3)62-88-92(80,81)86-58-68(75)59-87-93(82,83)89-63-70(61-85-72(77)55-47-39-33-32-36-44-52-66(6)7)91-74(79)57-49-41-31-25-24-27-35-43-51-65(4)5/h64-70,75H,9-63H2,1-8H3,(H,80,81)(H,82,83)/t67?,68-,69-,70-/m1/s1. The maximum Gasteiger partial charge on any atom is 0.472 e. The number of phosphoric acid groups is 2. The Labute approximate surface area is 568 Å². The van der Waals surface area contributed by atoms with Gasteiger partial charge in [0.2, 0.25) is 0 Å². The van der Waals surface area contributed by atoms with E-state index in [1.54, 1.807) is 0 Å². The van der Waals surface area contributed by atoms with Gasteiger partial charge in [0.05, 0.1) is 26.4 Å². The van der Waals surface area contributed by atoms with Gasteiger partial charge in [-0.25, -0.2) is 9.13 Å². The monoisotopic (exact) mass is 1370 g/mol. The van der Waals surface area contributed by atoms with Crippen molar-refractivity contribution >= 4 is 39.5 Å². The summed E-state index contributed by atoms with van der Waals surface area (Å²) in [5.74, 6) is 0.889. The molecular weight excluding hydrogens is 1220 g/mol. The molecule has 0 saturated heterocycles. The highest BCUT2D eigenvalue weighted by atomic mass is 31.2. The minimum atomic E-state index is -4.96. The van der Waals surface area contributed by atoms with Gasteiger partial charge in [0, 0.05) is 25.7 Å². The van der Waals surface area contributed by atoms with E-state index < -0.39 is 97.5 Å². The van der Waals surface area contributed by atoms with Crippen LogP contribution in [0.25, 0.3) is 0 Å². The van der Waals surface area contributed by atoms with Gasteiger partial charge in [0.25, 0.3) is 0 Å². The summed E-state index contributed by atoms with van der Waals surface area (Å²) in [6.07, 6.45) is 47.4. The predicted molar refractivity (Wildman–Crippen MR) is 377 cm³/mol. The van der Waals surface area contributed by atoms with Crippen LogP contribution in [0.15, 0.2) is 0 Å². The fraction of sp³-hybridized carbons (Fsp3) is 0.946. The van der Waals surface area contributed by atoms with Crippen LogP contribution in [0.2, 0.25) is 0 Å². The Balaban J connectivity index is 5.23. The van der Waals surface area contributed by atoms with Crippen LogP contribution in [-0.2, 0) is 65.4 Å². The minimum Gasteiger partial charge on any atom is -0.462 e. The number of esters is 4. The zero-order valence-corrected chi connectivity index (χ0v) is 62.7. The molecule has 0 fully saturated rings. The summed E-state index contributed by atoms with van der Waals surface area (Å²) in [6.45, 7) is 14.1. The summed E-state index contributed by atoms with van der Waals surface area (Å²) >= 11 is 0. The van der Waals surface area contributed by atoms with Gasteiger partial charge in [-0.15, -0.1) is 0 Å². The topological polar surface area (TPSA) is 237 Å². The minimum absolute atomic E-state index is 0.103. The fourth-order valence-electron chi connectivity index (χ4n) is 11.2. The Morgan fingerprint density at radius 3 is 0.763 bits per heavy atom. The van der Waals surface area contributed by atoms with E-state index in [1.807, 2.05) is 0 Å². The molecule has 6 atom stereocenters. The summed E-state index contributed by atoms with van der Waals surface area (Å²) in [5, 5.41) is 10.6. The lowest BCUT2D eigenvalue weighted by Gasteiger charge is -2.21. The van der Waals surface area contributed by atoms with Crippen molar-refractivity contribution in [2.45, 2.75) is 388 Å². The SMILES string of the molecule is CCC(C)CCCCCCCCCCCCC(=O)OC[C@H](COP(=O)(O)OC[C@@H](O)COP(=O)(O)OC[C@@H](COC(=O)CCCCCCCCC(C)C)OC(=O)CCCCCCCCCCC(C)C)OC(=O)CCCCCCCCCCCCCCCCCCC(C)C. The zero-order chi connectivity index (χ0) is 68.9. The molecule has 0 amide bonds. The molecule has 3 unspecified atom stereocenters. The van der Waals surface area contributed by atoms with E-state index in [1.165, 1.54) is 167 Å². The van der Waals surface area contributed by atoms with Crippen molar-refractivity contribution < 1.29 is 80.2 Å². The smallest absolute Gasteiger partial charge is 0.462 e. The second-order valence-corrected chi connectivity index (χ2v) is 31.3. The molecule has 0 aromatic carbocycles. The largest absolute Gasteiger partial charge is 0.472 e. The number of ether oxygens (including phenoxy) is 4. The average molecular weight is 1370 g/mol. The number of rotatable bonds is 71. The van der Waals surface area contributed by atoms with Crippen molar-refractivity contribution in [3.8, 4) is 0 Å². The molecule has 0 aliphatic heterocycles. The molecule has 0 heterocycles. The highest BCUT2D eigenvalue weighted by Crippen LogP contribution is 2.45. The molecule has 19 heteroatoms. The lowest BCUT2D eigenvalue weighted by Crippen LogP contribution is -2.30. The van der Waals surface area contributed by atoms with Crippen molar-refractivity contribution in [1.82, 2.24) is 0 Å². The lowest BCUT2D eigenvalue weighted by atomic mass is 9.99. The second kappa shape index (κ2) is 63.5. The molecule has 3 N–H and O–H groups in total. The molecule has 0 aromatic rings. The summed E-state index contributed by atoms with van der Waals surface area (Å²) in [4.78, 5) is 72.7. The first kappa shape index (κ1) is 91.1. The molecular formula is C74H144O17P2. The average Bonchev–Trinajstić information content (AvgIpc) is 2.54. The van der Waals surface area contributed by atoms with Crippen LogP contribution < -0.4 is 0 Å². The zero-order valence-electron chi connectivity index (χ0n) is 60.9. The van der Waals surface area contributed by atoms with E-state index in [0.717, 1.165) is 114 Å². The van der Waals surface area contributed by atoms with Crippen LogP contribution >= 0.6 is 15.6 Å². The number of carbonyl (C=O) groups is 4. The molecule has 552 valence electrons. The van der Waals surface area contributed by atoms with Crippen LogP contribution in [0.1, 0.15) is 370 Å². The van der Waals surface area contributed by atoms with E-state index in [-0.39, 0.29) is 25.7 Å². The highest BCUT2D eigenvalue weighted by molar-refractivity contribution is 7.47. The number of phosphoric ester groups is 2. The number of aliphatic hydroxyl groups is 1. The number of hydrogen-bond acceptors (Lipinski definition) is 15. The molecule has 93 heavy (non-hydrogen) atoms. The van der Waals surface area contributed by atoms with E-state index in [4.69, 9.17) is 37.0 Å². The normalized spacial score (nSPS) is 14.5. The quantitative estimate of drug-likeness (QED) is 0.0222. The van der Waals surface area contributed by atoms with Crippen LogP contribution in [-0.4, -0.2) is 96.7 Å². The van der Waals surface area contributed by atoms with Gasteiger partial charge < -0.3 is 33.8 Å². The molecule has 0 saturated carbocycles. The van der Waals surface area contributed by atoms with Crippen LogP contribution in [0.4, 0.5) is 0 Å². The highest BCUT2D eigenvalue weighted by Gasteiger charge is 2.30. The van der Waals surface area contributed by atoms with Crippen molar-refractivity contribution in [3.05, 3.63) is 0 Å². The van der Waals surface area contributed by atoms with Crippen molar-refractivity contribution in [2.24, 2.45) is 23.7 Å². The van der Waals surface area contributed by atoms with Gasteiger partial charge >= 0.3 is 39.5 Å². The van der Waals surface area contributed by atoms with E-state index in [2.05, 4.69) is 55.4 Å².